The molecular formula is C8H14ClN. The fourth-order valence-electron chi connectivity index (χ4n) is 2.64. The number of alkyl halides is 1. The Morgan fingerprint density at radius 2 is 2.40 bits per heavy atom. The standard InChI is InChI=1S/C8H14ClN/c9-5-8-2-1-6(4-8)3-7(8)10/h6-7H,1-5,10H2. The maximum atomic E-state index is 5.98. The SMILES string of the molecule is NC1CC2CCC1(CCl)C2. The number of halogens is 1. The minimum absolute atomic E-state index is 0.353. The quantitative estimate of drug-likeness (QED) is 0.580. The third-order valence-electron chi connectivity index (χ3n) is 3.39. The van der Waals surface area contributed by atoms with Gasteiger partial charge >= 0.3 is 0 Å². The van der Waals surface area contributed by atoms with Gasteiger partial charge in [0.15, 0.2) is 0 Å². The summed E-state index contributed by atoms with van der Waals surface area (Å²) >= 11 is 5.91. The summed E-state index contributed by atoms with van der Waals surface area (Å²) in [6, 6.07) is 0.406. The molecule has 2 saturated carbocycles. The van der Waals surface area contributed by atoms with Crippen LogP contribution in [0.2, 0.25) is 0 Å². The van der Waals surface area contributed by atoms with Crippen molar-refractivity contribution in [3.05, 3.63) is 0 Å². The average Bonchev–Trinajstić information content (AvgIpc) is 2.44. The van der Waals surface area contributed by atoms with E-state index in [4.69, 9.17) is 17.3 Å². The first kappa shape index (κ1) is 6.93. The van der Waals surface area contributed by atoms with Crippen molar-refractivity contribution in [2.24, 2.45) is 17.1 Å². The van der Waals surface area contributed by atoms with Crippen LogP contribution < -0.4 is 5.73 Å². The zero-order chi connectivity index (χ0) is 7.19. The Hall–Kier alpha value is 0.250. The predicted octanol–water partition coefficient (Wildman–Crippen LogP) is 1.74. The maximum Gasteiger partial charge on any atom is 0.0294 e. The first-order valence-electron chi connectivity index (χ1n) is 4.08. The minimum atomic E-state index is 0.353. The lowest BCUT2D eigenvalue weighted by molar-refractivity contribution is 0.287. The van der Waals surface area contributed by atoms with Crippen LogP contribution in [0.15, 0.2) is 0 Å². The molecule has 2 bridgehead atoms. The van der Waals surface area contributed by atoms with E-state index in [1.165, 1.54) is 25.7 Å². The van der Waals surface area contributed by atoms with Crippen molar-refractivity contribution >= 4 is 11.6 Å². The highest BCUT2D eigenvalue weighted by molar-refractivity contribution is 6.18. The molecule has 0 radical (unpaired) electrons. The van der Waals surface area contributed by atoms with E-state index in [9.17, 15) is 0 Å². The summed E-state index contributed by atoms with van der Waals surface area (Å²) < 4.78 is 0. The van der Waals surface area contributed by atoms with Gasteiger partial charge in [0.25, 0.3) is 0 Å². The molecule has 2 fully saturated rings. The van der Waals surface area contributed by atoms with Crippen molar-refractivity contribution in [3.63, 3.8) is 0 Å². The van der Waals surface area contributed by atoms with Gasteiger partial charge in [0.05, 0.1) is 0 Å². The van der Waals surface area contributed by atoms with Crippen molar-refractivity contribution < 1.29 is 0 Å². The third-order valence-corrected chi connectivity index (χ3v) is 3.92. The first-order valence-corrected chi connectivity index (χ1v) is 4.62. The van der Waals surface area contributed by atoms with Crippen molar-refractivity contribution in [2.75, 3.05) is 5.88 Å². The summed E-state index contributed by atoms with van der Waals surface area (Å²) in [5.41, 5.74) is 6.33. The Morgan fingerprint density at radius 1 is 1.60 bits per heavy atom. The summed E-state index contributed by atoms with van der Waals surface area (Å²) in [4.78, 5) is 0. The van der Waals surface area contributed by atoms with Crippen LogP contribution in [-0.2, 0) is 0 Å². The molecule has 58 valence electrons. The van der Waals surface area contributed by atoms with Gasteiger partial charge in [0.1, 0.15) is 0 Å². The predicted molar refractivity (Wildman–Crippen MR) is 43.1 cm³/mol. The molecule has 0 spiro atoms. The van der Waals surface area contributed by atoms with Crippen molar-refractivity contribution in [1.29, 1.82) is 0 Å². The van der Waals surface area contributed by atoms with Crippen molar-refractivity contribution in [2.45, 2.75) is 31.7 Å². The van der Waals surface area contributed by atoms with Gasteiger partial charge in [-0.1, -0.05) is 0 Å². The number of fused-ring (bicyclic) bond motifs is 2. The Bertz CT molecular complexity index is 148. The summed E-state index contributed by atoms with van der Waals surface area (Å²) in [5, 5.41) is 0. The Labute approximate surface area is 66.9 Å². The van der Waals surface area contributed by atoms with Crippen LogP contribution in [0.3, 0.4) is 0 Å². The average molecular weight is 160 g/mol. The summed E-state index contributed by atoms with van der Waals surface area (Å²) in [6.45, 7) is 0. The summed E-state index contributed by atoms with van der Waals surface area (Å²) in [6.07, 6.45) is 5.19. The second-order valence-electron chi connectivity index (χ2n) is 3.95. The minimum Gasteiger partial charge on any atom is -0.327 e. The van der Waals surface area contributed by atoms with Gasteiger partial charge in [0, 0.05) is 11.9 Å². The highest BCUT2D eigenvalue weighted by atomic mass is 35.5. The van der Waals surface area contributed by atoms with Crippen LogP contribution in [0.25, 0.3) is 0 Å². The first-order chi connectivity index (χ1) is 4.77. The molecule has 0 aromatic carbocycles. The number of hydrogen-bond acceptors (Lipinski definition) is 1. The zero-order valence-electron chi connectivity index (χ0n) is 6.15. The molecule has 0 saturated heterocycles. The molecule has 2 N–H and O–H groups in total. The lowest BCUT2D eigenvalue weighted by Crippen LogP contribution is -2.38. The van der Waals surface area contributed by atoms with E-state index in [1.54, 1.807) is 0 Å². The van der Waals surface area contributed by atoms with E-state index in [0.717, 1.165) is 11.8 Å². The highest BCUT2D eigenvalue weighted by Gasteiger charge is 2.49. The molecule has 2 aliphatic rings. The van der Waals surface area contributed by atoms with Gasteiger partial charge in [-0.25, -0.2) is 0 Å². The van der Waals surface area contributed by atoms with E-state index in [1.807, 2.05) is 0 Å². The van der Waals surface area contributed by atoms with Crippen LogP contribution in [0.5, 0.6) is 0 Å². The molecule has 0 aromatic heterocycles. The molecule has 1 nitrogen and oxygen atoms in total. The molecule has 0 aromatic rings. The second kappa shape index (κ2) is 2.12. The van der Waals surface area contributed by atoms with Crippen LogP contribution in [-0.4, -0.2) is 11.9 Å². The molecule has 0 heterocycles. The summed E-state index contributed by atoms with van der Waals surface area (Å²) in [5.74, 6) is 1.69. The van der Waals surface area contributed by atoms with Gasteiger partial charge in [-0.2, -0.15) is 0 Å². The van der Waals surface area contributed by atoms with E-state index in [2.05, 4.69) is 0 Å². The Morgan fingerprint density at radius 3 is 2.70 bits per heavy atom. The number of rotatable bonds is 1. The Balaban J connectivity index is 2.19. The number of hydrogen-bond donors (Lipinski definition) is 1. The third kappa shape index (κ3) is 0.737. The highest BCUT2D eigenvalue weighted by Crippen LogP contribution is 2.53. The summed E-state index contributed by atoms with van der Waals surface area (Å²) in [7, 11) is 0. The van der Waals surface area contributed by atoms with Crippen LogP contribution >= 0.6 is 11.6 Å². The van der Waals surface area contributed by atoms with Crippen LogP contribution in [0.1, 0.15) is 25.7 Å². The molecule has 10 heavy (non-hydrogen) atoms. The van der Waals surface area contributed by atoms with Gasteiger partial charge in [-0.3, -0.25) is 0 Å². The Kier molecular flexibility index (Phi) is 1.47. The van der Waals surface area contributed by atoms with Gasteiger partial charge in [-0.05, 0) is 37.0 Å². The topological polar surface area (TPSA) is 26.0 Å². The fraction of sp³-hybridized carbons (Fsp3) is 1.00. The zero-order valence-corrected chi connectivity index (χ0v) is 6.90. The molecular weight excluding hydrogens is 146 g/mol. The molecule has 0 aliphatic heterocycles. The van der Waals surface area contributed by atoms with Crippen molar-refractivity contribution in [1.82, 2.24) is 0 Å². The molecule has 3 unspecified atom stereocenters. The van der Waals surface area contributed by atoms with Crippen LogP contribution in [0, 0.1) is 11.3 Å². The molecule has 2 aliphatic carbocycles. The van der Waals surface area contributed by atoms with E-state index in [-0.39, 0.29) is 0 Å². The molecule has 0 amide bonds. The number of nitrogens with two attached hydrogens (primary N) is 1. The van der Waals surface area contributed by atoms with Crippen LogP contribution in [0.4, 0.5) is 0 Å². The van der Waals surface area contributed by atoms with Gasteiger partial charge < -0.3 is 5.73 Å². The largest absolute Gasteiger partial charge is 0.327 e. The second-order valence-corrected chi connectivity index (χ2v) is 4.21. The molecule has 3 atom stereocenters. The van der Waals surface area contributed by atoms with Crippen molar-refractivity contribution in [3.8, 4) is 0 Å². The monoisotopic (exact) mass is 159 g/mol. The molecule has 2 heteroatoms. The maximum absolute atomic E-state index is 5.98. The normalized spacial score (nSPS) is 52.2. The van der Waals surface area contributed by atoms with Gasteiger partial charge in [-0.15, -0.1) is 11.6 Å². The van der Waals surface area contributed by atoms with Gasteiger partial charge in [0.2, 0.25) is 0 Å². The lowest BCUT2D eigenvalue weighted by Gasteiger charge is -2.29. The van der Waals surface area contributed by atoms with E-state index in [0.29, 0.717) is 11.5 Å². The lowest BCUT2D eigenvalue weighted by atomic mass is 9.82. The molecule has 2 rings (SSSR count). The smallest absolute Gasteiger partial charge is 0.0294 e. The van der Waals surface area contributed by atoms with E-state index >= 15 is 0 Å². The fourth-order valence-corrected chi connectivity index (χ4v) is 3.08. The van der Waals surface area contributed by atoms with E-state index < -0.39 is 0 Å².